The van der Waals surface area contributed by atoms with Crippen LogP contribution in [0.25, 0.3) is 0 Å². The largest absolute Gasteiger partial charge is 0.457 e. The summed E-state index contributed by atoms with van der Waals surface area (Å²) in [5.74, 6) is 1.28. The van der Waals surface area contributed by atoms with E-state index < -0.39 is 0 Å². The number of piperazine rings is 1. The minimum absolute atomic E-state index is 0.0639. The summed E-state index contributed by atoms with van der Waals surface area (Å²) in [5, 5.41) is 3.01. The minimum atomic E-state index is -0.0639. The molecule has 144 valence electrons. The van der Waals surface area contributed by atoms with Crippen molar-refractivity contribution >= 4 is 5.91 Å². The first kappa shape index (κ1) is 19.3. The molecule has 1 aromatic heterocycles. The molecule has 6 heteroatoms. The van der Waals surface area contributed by atoms with Crippen LogP contribution in [-0.2, 0) is 0 Å². The zero-order valence-corrected chi connectivity index (χ0v) is 15.9. The number of hydrogen-bond acceptors (Lipinski definition) is 5. The van der Waals surface area contributed by atoms with Gasteiger partial charge in [-0.3, -0.25) is 9.78 Å². The molecule has 1 aliphatic heterocycles. The lowest BCUT2D eigenvalue weighted by Gasteiger charge is -2.33. The number of pyridine rings is 1. The molecule has 2 aromatic rings. The average Bonchev–Trinajstić information content (AvgIpc) is 2.72. The first-order valence-corrected chi connectivity index (χ1v) is 9.65. The van der Waals surface area contributed by atoms with Crippen molar-refractivity contribution in [3.63, 3.8) is 0 Å². The highest BCUT2D eigenvalue weighted by Gasteiger charge is 2.14. The summed E-state index contributed by atoms with van der Waals surface area (Å²) in [6.07, 6.45) is 4.31. The third-order valence-corrected chi connectivity index (χ3v) is 4.83. The van der Waals surface area contributed by atoms with Crippen molar-refractivity contribution in [3.8, 4) is 11.5 Å². The van der Waals surface area contributed by atoms with Gasteiger partial charge in [0.05, 0.1) is 0 Å². The number of aromatic nitrogens is 1. The van der Waals surface area contributed by atoms with E-state index in [4.69, 9.17) is 4.74 Å². The third-order valence-electron chi connectivity index (χ3n) is 4.83. The predicted octanol–water partition coefficient (Wildman–Crippen LogP) is 2.63. The molecule has 0 aliphatic carbocycles. The number of benzene rings is 1. The zero-order chi connectivity index (χ0) is 18.9. The number of carbonyl (C=O) groups excluding carboxylic acids is 1. The van der Waals surface area contributed by atoms with Crippen LogP contribution in [0.5, 0.6) is 11.5 Å². The Morgan fingerprint density at radius 1 is 1.07 bits per heavy atom. The lowest BCUT2D eigenvalue weighted by Crippen LogP contribution is -2.46. The van der Waals surface area contributed by atoms with Gasteiger partial charge in [-0.25, -0.2) is 0 Å². The van der Waals surface area contributed by atoms with Crippen molar-refractivity contribution in [3.05, 3.63) is 54.4 Å². The maximum Gasteiger partial charge on any atom is 0.251 e. The highest BCUT2D eigenvalue weighted by molar-refractivity contribution is 5.94. The van der Waals surface area contributed by atoms with E-state index >= 15 is 0 Å². The van der Waals surface area contributed by atoms with E-state index in [0.29, 0.717) is 23.6 Å². The van der Waals surface area contributed by atoms with Crippen molar-refractivity contribution in [2.45, 2.75) is 13.3 Å². The fraction of sp³-hybridized carbons (Fsp3) is 0.429. The first-order chi connectivity index (χ1) is 13.2. The number of likely N-dealkylation sites (N-methyl/N-ethyl adjacent to an activating group) is 1. The van der Waals surface area contributed by atoms with Gasteiger partial charge < -0.3 is 19.9 Å². The Bertz CT molecular complexity index is 715. The standard InChI is InChI=1S/C21H28N4O2/c1-2-24-13-15-25(16-14-24)12-4-9-23-21(26)18-5-3-6-20(17-18)27-19-7-10-22-11-8-19/h3,5-8,10-11,17H,2,4,9,12-16H2,1H3,(H,23,26). The number of ether oxygens (including phenoxy) is 1. The molecule has 1 amide bonds. The number of amides is 1. The van der Waals surface area contributed by atoms with Gasteiger partial charge in [0.15, 0.2) is 0 Å². The molecule has 27 heavy (non-hydrogen) atoms. The van der Waals surface area contributed by atoms with Crippen LogP contribution in [0.3, 0.4) is 0 Å². The molecule has 0 radical (unpaired) electrons. The Morgan fingerprint density at radius 3 is 2.56 bits per heavy atom. The summed E-state index contributed by atoms with van der Waals surface area (Å²) >= 11 is 0. The quantitative estimate of drug-likeness (QED) is 0.726. The van der Waals surface area contributed by atoms with Gasteiger partial charge in [0.2, 0.25) is 0 Å². The predicted molar refractivity (Wildman–Crippen MR) is 106 cm³/mol. The zero-order valence-electron chi connectivity index (χ0n) is 15.9. The van der Waals surface area contributed by atoms with Gasteiger partial charge in [-0.1, -0.05) is 13.0 Å². The van der Waals surface area contributed by atoms with Gasteiger partial charge >= 0.3 is 0 Å². The van der Waals surface area contributed by atoms with Crippen LogP contribution in [0.4, 0.5) is 0 Å². The van der Waals surface area contributed by atoms with Crippen molar-refractivity contribution in [2.24, 2.45) is 0 Å². The lowest BCUT2D eigenvalue weighted by molar-refractivity contribution is 0.0948. The molecule has 0 atom stereocenters. The molecule has 1 saturated heterocycles. The van der Waals surface area contributed by atoms with Crippen molar-refractivity contribution in [1.82, 2.24) is 20.1 Å². The monoisotopic (exact) mass is 368 g/mol. The van der Waals surface area contributed by atoms with Crippen LogP contribution in [0, 0.1) is 0 Å². The molecule has 1 aromatic carbocycles. The van der Waals surface area contributed by atoms with Crippen molar-refractivity contribution < 1.29 is 9.53 Å². The van der Waals surface area contributed by atoms with E-state index in [1.165, 1.54) is 0 Å². The van der Waals surface area contributed by atoms with Crippen LogP contribution in [-0.4, -0.2) is 66.5 Å². The van der Waals surface area contributed by atoms with Gasteiger partial charge in [0.25, 0.3) is 5.91 Å². The van der Waals surface area contributed by atoms with Gasteiger partial charge in [0.1, 0.15) is 11.5 Å². The second-order valence-corrected chi connectivity index (χ2v) is 6.70. The summed E-state index contributed by atoms with van der Waals surface area (Å²) < 4.78 is 5.76. The molecule has 0 saturated carbocycles. The molecule has 0 spiro atoms. The maximum atomic E-state index is 12.4. The summed E-state index contributed by atoms with van der Waals surface area (Å²) in [5.41, 5.74) is 0.609. The number of carbonyl (C=O) groups is 1. The number of nitrogens with zero attached hydrogens (tertiary/aromatic N) is 3. The summed E-state index contributed by atoms with van der Waals surface area (Å²) in [4.78, 5) is 21.3. The number of nitrogens with one attached hydrogen (secondary N) is 1. The second-order valence-electron chi connectivity index (χ2n) is 6.70. The van der Waals surface area contributed by atoms with Crippen molar-refractivity contribution in [2.75, 3.05) is 45.8 Å². The fourth-order valence-corrected chi connectivity index (χ4v) is 3.18. The Balaban J connectivity index is 1.41. The second kappa shape index (κ2) is 10.0. The number of hydrogen-bond donors (Lipinski definition) is 1. The molecular weight excluding hydrogens is 340 g/mol. The van der Waals surface area contributed by atoms with E-state index in [-0.39, 0.29) is 5.91 Å². The Kier molecular flexibility index (Phi) is 7.19. The van der Waals surface area contributed by atoms with Crippen LogP contribution < -0.4 is 10.1 Å². The summed E-state index contributed by atoms with van der Waals surface area (Å²) in [6, 6.07) is 10.8. The topological polar surface area (TPSA) is 57.7 Å². The Labute approximate surface area is 161 Å². The molecule has 2 heterocycles. The van der Waals surface area contributed by atoms with E-state index in [0.717, 1.165) is 45.7 Å². The molecule has 1 aliphatic rings. The fourth-order valence-electron chi connectivity index (χ4n) is 3.18. The van der Waals surface area contributed by atoms with E-state index in [9.17, 15) is 4.79 Å². The van der Waals surface area contributed by atoms with E-state index in [1.54, 1.807) is 36.7 Å². The van der Waals surface area contributed by atoms with E-state index in [2.05, 4.69) is 27.0 Å². The third kappa shape index (κ3) is 6.05. The highest BCUT2D eigenvalue weighted by Crippen LogP contribution is 2.21. The van der Waals surface area contributed by atoms with Gasteiger partial charge in [0, 0.05) is 50.7 Å². The van der Waals surface area contributed by atoms with Crippen LogP contribution in [0.1, 0.15) is 23.7 Å². The van der Waals surface area contributed by atoms with Crippen LogP contribution >= 0.6 is 0 Å². The van der Waals surface area contributed by atoms with Gasteiger partial charge in [-0.2, -0.15) is 0 Å². The van der Waals surface area contributed by atoms with Crippen LogP contribution in [0.15, 0.2) is 48.8 Å². The van der Waals surface area contributed by atoms with Gasteiger partial charge in [-0.05, 0) is 49.8 Å². The minimum Gasteiger partial charge on any atom is -0.457 e. The highest BCUT2D eigenvalue weighted by atomic mass is 16.5. The summed E-state index contributed by atoms with van der Waals surface area (Å²) in [7, 11) is 0. The Hall–Kier alpha value is -2.44. The normalized spacial score (nSPS) is 15.4. The number of rotatable bonds is 8. The Morgan fingerprint density at radius 2 is 1.81 bits per heavy atom. The van der Waals surface area contributed by atoms with Crippen molar-refractivity contribution in [1.29, 1.82) is 0 Å². The molecule has 0 bridgehead atoms. The SMILES string of the molecule is CCN1CCN(CCCNC(=O)c2cccc(Oc3ccncc3)c2)CC1. The van der Waals surface area contributed by atoms with E-state index in [1.807, 2.05) is 12.1 Å². The van der Waals surface area contributed by atoms with Gasteiger partial charge in [-0.15, -0.1) is 0 Å². The molecule has 3 rings (SSSR count). The lowest BCUT2D eigenvalue weighted by atomic mass is 10.2. The summed E-state index contributed by atoms with van der Waals surface area (Å²) in [6.45, 7) is 9.59. The molecule has 6 nitrogen and oxygen atoms in total. The maximum absolute atomic E-state index is 12.4. The first-order valence-electron chi connectivity index (χ1n) is 9.65. The average molecular weight is 368 g/mol. The smallest absolute Gasteiger partial charge is 0.251 e. The molecule has 1 fully saturated rings. The molecule has 0 unspecified atom stereocenters. The van der Waals surface area contributed by atoms with Crippen LogP contribution in [0.2, 0.25) is 0 Å². The molecule has 1 N–H and O–H groups in total. The molecular formula is C21H28N4O2.